The molecule has 0 fully saturated rings. The first kappa shape index (κ1) is 30.2. The van der Waals surface area contributed by atoms with Crippen LogP contribution in [-0.4, -0.2) is 67.0 Å². The highest BCUT2D eigenvalue weighted by atomic mass is 19.1. The Morgan fingerprint density at radius 3 is 2.36 bits per heavy atom. The summed E-state index contributed by atoms with van der Waals surface area (Å²) in [6.07, 6.45) is 3.82. The summed E-state index contributed by atoms with van der Waals surface area (Å²) in [6, 6.07) is 14.7. The zero-order chi connectivity index (χ0) is 31.2. The number of hydrogen-bond acceptors (Lipinski definition) is 8. The smallest absolute Gasteiger partial charge is 0.280 e. The molecule has 0 radical (unpaired) electrons. The Bertz CT molecular complexity index is 1780. The Labute approximate surface area is 252 Å². The quantitative estimate of drug-likeness (QED) is 0.171. The van der Waals surface area contributed by atoms with E-state index in [9.17, 15) is 9.18 Å². The minimum Gasteiger partial charge on any atom is -0.493 e. The number of carbonyl (C=O) groups is 1. The van der Waals surface area contributed by atoms with Crippen LogP contribution in [0.15, 0.2) is 73.1 Å². The van der Waals surface area contributed by atoms with Crippen molar-refractivity contribution >= 4 is 22.5 Å². The first-order valence-electron chi connectivity index (χ1n) is 13.7. The fourth-order valence-electron chi connectivity index (χ4n) is 4.42. The van der Waals surface area contributed by atoms with Crippen molar-refractivity contribution in [2.24, 2.45) is 0 Å². The van der Waals surface area contributed by atoms with Crippen LogP contribution < -0.4 is 24.3 Å². The van der Waals surface area contributed by atoms with Crippen LogP contribution in [0, 0.1) is 11.6 Å². The van der Waals surface area contributed by atoms with Gasteiger partial charge in [0, 0.05) is 35.9 Å². The molecule has 10 nitrogen and oxygen atoms in total. The van der Waals surface area contributed by atoms with E-state index >= 15 is 4.39 Å². The summed E-state index contributed by atoms with van der Waals surface area (Å²) < 4.78 is 52.6. The molecule has 5 aromatic rings. The van der Waals surface area contributed by atoms with Gasteiger partial charge in [-0.25, -0.2) is 13.5 Å². The average Bonchev–Trinajstić information content (AvgIpc) is 3.44. The average molecular weight is 604 g/mol. The number of rotatable bonds is 12. The molecule has 1 N–H and O–H groups in total. The monoisotopic (exact) mass is 603 g/mol. The predicted octanol–water partition coefficient (Wildman–Crippen LogP) is 6.09. The van der Waals surface area contributed by atoms with Gasteiger partial charge in [-0.15, -0.1) is 0 Å². The van der Waals surface area contributed by atoms with Gasteiger partial charge in [0.2, 0.25) is 0 Å². The lowest BCUT2D eigenvalue weighted by atomic mass is 10.2. The molecule has 0 aliphatic carbocycles. The van der Waals surface area contributed by atoms with Gasteiger partial charge in [-0.2, -0.15) is 5.10 Å². The van der Waals surface area contributed by atoms with Gasteiger partial charge in [-0.1, -0.05) is 0 Å². The molecule has 0 aliphatic rings. The van der Waals surface area contributed by atoms with Crippen molar-refractivity contribution in [2.45, 2.75) is 6.42 Å². The van der Waals surface area contributed by atoms with Crippen molar-refractivity contribution < 1.29 is 32.5 Å². The number of methoxy groups -OCH3 is 2. The molecule has 0 saturated heterocycles. The second kappa shape index (κ2) is 13.4. The highest BCUT2D eigenvalue weighted by Gasteiger charge is 2.21. The first-order chi connectivity index (χ1) is 21.2. The molecule has 0 aliphatic heterocycles. The van der Waals surface area contributed by atoms with Gasteiger partial charge in [0.25, 0.3) is 5.91 Å². The third-order valence-corrected chi connectivity index (χ3v) is 6.61. The normalized spacial score (nSPS) is 11.1. The van der Waals surface area contributed by atoms with E-state index in [0.29, 0.717) is 40.4 Å². The van der Waals surface area contributed by atoms with Crippen molar-refractivity contribution in [2.75, 3.05) is 46.8 Å². The van der Waals surface area contributed by atoms with Crippen LogP contribution in [0.5, 0.6) is 28.7 Å². The van der Waals surface area contributed by atoms with Gasteiger partial charge < -0.3 is 29.2 Å². The fraction of sp³-hybridized carbons (Fsp3) is 0.219. The molecule has 0 bridgehead atoms. The van der Waals surface area contributed by atoms with Crippen LogP contribution in [0.25, 0.3) is 16.6 Å². The Morgan fingerprint density at radius 2 is 1.66 bits per heavy atom. The Balaban J connectivity index is 1.36. The van der Waals surface area contributed by atoms with E-state index < -0.39 is 17.5 Å². The number of aromatic nitrogens is 3. The third kappa shape index (κ3) is 6.87. The van der Waals surface area contributed by atoms with Gasteiger partial charge >= 0.3 is 0 Å². The number of nitrogens with one attached hydrogen (secondary N) is 1. The molecule has 0 saturated carbocycles. The van der Waals surface area contributed by atoms with E-state index in [0.717, 1.165) is 19.0 Å². The van der Waals surface area contributed by atoms with Crippen LogP contribution in [0.2, 0.25) is 0 Å². The number of halogens is 2. The number of carbonyl (C=O) groups excluding carboxylic acids is 1. The summed E-state index contributed by atoms with van der Waals surface area (Å²) in [6.45, 7) is 1.13. The van der Waals surface area contributed by atoms with Gasteiger partial charge in [-0.3, -0.25) is 9.78 Å². The van der Waals surface area contributed by atoms with Crippen LogP contribution in [0.3, 0.4) is 0 Å². The molecule has 1 amide bonds. The lowest BCUT2D eigenvalue weighted by molar-refractivity contribution is 0.101. The van der Waals surface area contributed by atoms with Crippen LogP contribution in [0.4, 0.5) is 14.5 Å². The Hall–Kier alpha value is -5.23. The molecule has 0 atom stereocenters. The van der Waals surface area contributed by atoms with Gasteiger partial charge in [0.15, 0.2) is 34.5 Å². The topological polar surface area (TPSA) is 100.0 Å². The number of ether oxygens (including phenoxy) is 4. The SMILES string of the molecule is COc1cc2nccc(Oc3ccc(NC(=O)c4nn(-c5ccc(F)cc5)cc4OCCCN(C)C)cc3F)c2cc1OC. The molecule has 5 rings (SSSR count). The Morgan fingerprint density at radius 1 is 0.909 bits per heavy atom. The van der Waals surface area contributed by atoms with Crippen molar-refractivity contribution in [3.05, 3.63) is 90.4 Å². The summed E-state index contributed by atoms with van der Waals surface area (Å²) in [5.41, 5.74) is 1.29. The number of anilines is 1. The first-order valence-corrected chi connectivity index (χ1v) is 13.7. The summed E-state index contributed by atoms with van der Waals surface area (Å²) in [5.74, 6) is -0.203. The molecule has 228 valence electrons. The van der Waals surface area contributed by atoms with E-state index in [-0.39, 0.29) is 22.9 Å². The maximum atomic E-state index is 15.2. The van der Waals surface area contributed by atoms with E-state index in [1.165, 1.54) is 55.3 Å². The fourth-order valence-corrected chi connectivity index (χ4v) is 4.42. The Kier molecular flexibility index (Phi) is 9.20. The zero-order valence-corrected chi connectivity index (χ0v) is 24.6. The summed E-state index contributed by atoms with van der Waals surface area (Å²) in [5, 5.41) is 7.64. The second-order valence-electron chi connectivity index (χ2n) is 10.0. The van der Waals surface area contributed by atoms with E-state index in [2.05, 4.69) is 15.4 Å². The largest absolute Gasteiger partial charge is 0.493 e. The van der Waals surface area contributed by atoms with Crippen molar-refractivity contribution in [1.82, 2.24) is 19.7 Å². The number of benzene rings is 3. The van der Waals surface area contributed by atoms with Gasteiger partial charge in [0.05, 0.1) is 38.2 Å². The van der Waals surface area contributed by atoms with Crippen LogP contribution in [-0.2, 0) is 0 Å². The van der Waals surface area contributed by atoms with Crippen LogP contribution >= 0.6 is 0 Å². The number of fused-ring (bicyclic) bond motifs is 1. The standard InChI is InChI=1S/C32H31F2N5O5/c1-38(2)14-5-15-43-30-19-39(22-9-6-20(33)7-10-22)37-31(30)32(40)36-21-8-11-27(24(34)16-21)44-26-12-13-35-25-18-29(42-4)28(41-3)17-23(25)26/h6-13,16-19H,5,14-15H2,1-4H3,(H,36,40). The van der Waals surface area contributed by atoms with Crippen molar-refractivity contribution in [1.29, 1.82) is 0 Å². The second-order valence-corrected chi connectivity index (χ2v) is 10.0. The summed E-state index contributed by atoms with van der Waals surface area (Å²) >= 11 is 0. The molecule has 3 aromatic carbocycles. The minimum atomic E-state index is -0.703. The van der Waals surface area contributed by atoms with Crippen molar-refractivity contribution in [3.63, 3.8) is 0 Å². The molecule has 2 aromatic heterocycles. The lowest BCUT2D eigenvalue weighted by Crippen LogP contribution is -2.17. The highest BCUT2D eigenvalue weighted by molar-refractivity contribution is 6.04. The van der Waals surface area contributed by atoms with Gasteiger partial charge in [-0.05, 0) is 69.0 Å². The molecule has 2 heterocycles. The van der Waals surface area contributed by atoms with E-state index in [1.54, 1.807) is 30.6 Å². The molecule has 0 spiro atoms. The molecule has 0 unspecified atom stereocenters. The zero-order valence-electron chi connectivity index (χ0n) is 24.6. The van der Waals surface area contributed by atoms with Crippen molar-refractivity contribution in [3.8, 4) is 34.4 Å². The summed E-state index contributed by atoms with van der Waals surface area (Å²) in [7, 11) is 6.95. The van der Waals surface area contributed by atoms with Crippen LogP contribution in [0.1, 0.15) is 16.9 Å². The number of hydrogen-bond donors (Lipinski definition) is 1. The number of pyridine rings is 1. The molecular weight excluding hydrogens is 572 g/mol. The molecular formula is C32H31F2N5O5. The summed E-state index contributed by atoms with van der Waals surface area (Å²) in [4.78, 5) is 19.7. The van der Waals surface area contributed by atoms with E-state index in [4.69, 9.17) is 18.9 Å². The number of amides is 1. The highest BCUT2D eigenvalue weighted by Crippen LogP contribution is 2.37. The predicted molar refractivity (Wildman–Crippen MR) is 161 cm³/mol. The van der Waals surface area contributed by atoms with E-state index in [1.807, 2.05) is 19.0 Å². The molecule has 12 heteroatoms. The maximum absolute atomic E-state index is 15.2. The minimum absolute atomic E-state index is 0.00690. The lowest BCUT2D eigenvalue weighted by Gasteiger charge is -2.13. The number of nitrogens with zero attached hydrogens (tertiary/aromatic N) is 4. The third-order valence-electron chi connectivity index (χ3n) is 6.61. The maximum Gasteiger partial charge on any atom is 0.280 e. The van der Waals surface area contributed by atoms with Gasteiger partial charge in [0.1, 0.15) is 11.6 Å². The molecule has 44 heavy (non-hydrogen) atoms.